The van der Waals surface area contributed by atoms with Gasteiger partial charge in [-0.15, -0.1) is 0 Å². The molecule has 0 unspecified atom stereocenters. The summed E-state index contributed by atoms with van der Waals surface area (Å²) < 4.78 is 1.63. The van der Waals surface area contributed by atoms with E-state index >= 15 is 0 Å². The first kappa shape index (κ1) is 19.5. The van der Waals surface area contributed by atoms with Crippen molar-refractivity contribution in [2.45, 2.75) is 13.5 Å². The zero-order chi connectivity index (χ0) is 19.9. The van der Waals surface area contributed by atoms with Gasteiger partial charge in [-0.3, -0.25) is 10.1 Å². The van der Waals surface area contributed by atoms with Crippen LogP contribution in [0.4, 0.5) is 11.6 Å². The molecule has 0 aromatic carbocycles. The van der Waals surface area contributed by atoms with Crippen LogP contribution in [0.2, 0.25) is 0 Å². The van der Waals surface area contributed by atoms with Crippen LogP contribution in [0.25, 0.3) is 11.3 Å². The average molecular weight is 399 g/mol. The Labute approximate surface area is 166 Å². The molecule has 0 saturated heterocycles. The quantitative estimate of drug-likeness (QED) is 0.469. The average Bonchev–Trinajstić information content (AvgIpc) is 3.30. The van der Waals surface area contributed by atoms with Gasteiger partial charge in [-0.2, -0.15) is 10.0 Å². The minimum atomic E-state index is 0.160. The fraction of sp³-hybridized carbons (Fsp3) is 0.294. The van der Waals surface area contributed by atoms with Gasteiger partial charge in [0.25, 0.3) is 0 Å². The Hall–Kier alpha value is -3.21. The van der Waals surface area contributed by atoms with Crippen molar-refractivity contribution in [3.8, 4) is 11.3 Å². The van der Waals surface area contributed by atoms with Gasteiger partial charge in [0, 0.05) is 36.0 Å². The third-order valence-corrected chi connectivity index (χ3v) is 4.91. The van der Waals surface area contributed by atoms with Crippen molar-refractivity contribution in [1.29, 1.82) is 5.41 Å². The molecule has 0 aliphatic carbocycles. The number of hydrogen-bond acceptors (Lipinski definition) is 10. The lowest BCUT2D eigenvalue weighted by Crippen LogP contribution is -2.08. The van der Waals surface area contributed by atoms with E-state index in [0.29, 0.717) is 36.1 Å². The Bertz CT molecular complexity index is 934. The highest BCUT2D eigenvalue weighted by Crippen LogP contribution is 2.33. The van der Waals surface area contributed by atoms with Crippen molar-refractivity contribution in [3.05, 3.63) is 45.6 Å². The SMILES string of the molecule is CCN/C=C1/SC(CNc2nc(-c3cnn(CCN=O)c3)cnc2N)=CC1=N. The molecule has 2 aromatic rings. The first-order valence-corrected chi connectivity index (χ1v) is 9.51. The maximum absolute atomic E-state index is 10.2. The van der Waals surface area contributed by atoms with E-state index in [1.165, 1.54) is 11.8 Å². The normalized spacial score (nSPS) is 15.0. The molecule has 0 atom stereocenters. The van der Waals surface area contributed by atoms with E-state index in [1.807, 2.05) is 19.2 Å². The Morgan fingerprint density at radius 2 is 2.29 bits per heavy atom. The predicted octanol–water partition coefficient (Wildman–Crippen LogP) is 2.20. The van der Waals surface area contributed by atoms with Gasteiger partial charge >= 0.3 is 0 Å². The van der Waals surface area contributed by atoms with Crippen molar-refractivity contribution in [3.63, 3.8) is 0 Å². The first-order chi connectivity index (χ1) is 13.6. The lowest BCUT2D eigenvalue weighted by molar-refractivity contribution is 0.624. The summed E-state index contributed by atoms with van der Waals surface area (Å²) in [5.74, 6) is 0.764. The molecule has 3 rings (SSSR count). The van der Waals surface area contributed by atoms with Crippen LogP contribution in [0.15, 0.2) is 45.9 Å². The highest BCUT2D eigenvalue weighted by molar-refractivity contribution is 8.08. The van der Waals surface area contributed by atoms with Crippen LogP contribution < -0.4 is 16.4 Å². The zero-order valence-electron chi connectivity index (χ0n) is 15.3. The first-order valence-electron chi connectivity index (χ1n) is 8.70. The van der Waals surface area contributed by atoms with E-state index in [1.54, 1.807) is 23.3 Å². The van der Waals surface area contributed by atoms with Gasteiger partial charge < -0.3 is 16.4 Å². The third-order valence-electron chi connectivity index (χ3n) is 3.83. The Kier molecular flexibility index (Phi) is 6.37. The molecule has 0 bridgehead atoms. The molecule has 10 nitrogen and oxygen atoms in total. The van der Waals surface area contributed by atoms with Gasteiger partial charge in [0.2, 0.25) is 0 Å². The summed E-state index contributed by atoms with van der Waals surface area (Å²) in [6.07, 6.45) is 8.69. The van der Waals surface area contributed by atoms with Crippen molar-refractivity contribution < 1.29 is 0 Å². The summed E-state index contributed by atoms with van der Waals surface area (Å²) in [7, 11) is 0. The van der Waals surface area contributed by atoms with Gasteiger partial charge in [0.15, 0.2) is 11.6 Å². The maximum Gasteiger partial charge on any atom is 0.169 e. The van der Waals surface area contributed by atoms with Crippen LogP contribution in [0, 0.1) is 10.3 Å². The lowest BCUT2D eigenvalue weighted by atomic mass is 10.2. The fourth-order valence-corrected chi connectivity index (χ4v) is 3.36. The lowest BCUT2D eigenvalue weighted by Gasteiger charge is -2.09. The summed E-state index contributed by atoms with van der Waals surface area (Å²) in [5.41, 5.74) is 7.82. The molecule has 5 N–H and O–H groups in total. The molecule has 3 heterocycles. The molecule has 1 aliphatic heterocycles. The highest BCUT2D eigenvalue weighted by Gasteiger charge is 2.17. The molecular formula is C17H21N9OS. The number of nitrogen functional groups attached to an aromatic ring is 1. The number of nitrogens with one attached hydrogen (secondary N) is 3. The number of anilines is 2. The maximum atomic E-state index is 10.2. The van der Waals surface area contributed by atoms with Crippen molar-refractivity contribution in [1.82, 2.24) is 25.1 Å². The summed E-state index contributed by atoms with van der Waals surface area (Å²) in [5, 5.41) is 21.3. The van der Waals surface area contributed by atoms with Crippen LogP contribution in [-0.4, -0.2) is 45.1 Å². The van der Waals surface area contributed by atoms with E-state index in [0.717, 1.165) is 21.9 Å². The van der Waals surface area contributed by atoms with Crippen LogP contribution in [0.3, 0.4) is 0 Å². The van der Waals surface area contributed by atoms with E-state index in [4.69, 9.17) is 11.1 Å². The molecule has 1 aliphatic rings. The number of nitrogens with zero attached hydrogens (tertiary/aromatic N) is 5. The standard InChI is InChI=1S/C17H21N9OS/c1-2-20-9-15-13(18)5-12(28-15)7-22-17-16(19)21-8-14(25-17)11-6-23-26(10-11)4-3-24-27/h5-6,8-10,18,20H,2-4,7H2,1H3,(H2,19,21)(H,22,25)/b15-9+,18-13?. The van der Waals surface area contributed by atoms with E-state index in [-0.39, 0.29) is 6.54 Å². The molecule has 28 heavy (non-hydrogen) atoms. The fourth-order valence-electron chi connectivity index (χ4n) is 2.45. The van der Waals surface area contributed by atoms with Crippen molar-refractivity contribution >= 4 is 29.1 Å². The number of allylic oxidation sites excluding steroid dienone is 2. The van der Waals surface area contributed by atoms with E-state index in [2.05, 4.69) is 30.9 Å². The number of nitroso groups, excluding NO2 is 1. The van der Waals surface area contributed by atoms with Gasteiger partial charge in [0.1, 0.15) is 6.54 Å². The van der Waals surface area contributed by atoms with Crippen LogP contribution in [0.5, 0.6) is 0 Å². The summed E-state index contributed by atoms with van der Waals surface area (Å²) in [6, 6.07) is 0. The second kappa shape index (κ2) is 9.13. The molecule has 0 fully saturated rings. The zero-order valence-corrected chi connectivity index (χ0v) is 16.2. The molecule has 11 heteroatoms. The highest BCUT2D eigenvalue weighted by atomic mass is 32.2. The van der Waals surface area contributed by atoms with Crippen LogP contribution >= 0.6 is 11.8 Å². The molecule has 146 valence electrons. The summed E-state index contributed by atoms with van der Waals surface area (Å²) >= 11 is 1.53. The second-order valence-electron chi connectivity index (χ2n) is 5.88. The smallest absolute Gasteiger partial charge is 0.169 e. The molecular weight excluding hydrogens is 378 g/mol. The van der Waals surface area contributed by atoms with E-state index < -0.39 is 0 Å². The number of thioether (sulfide) groups is 1. The van der Waals surface area contributed by atoms with Gasteiger partial charge in [-0.1, -0.05) is 16.9 Å². The summed E-state index contributed by atoms with van der Waals surface area (Å²) in [4.78, 5) is 20.9. The van der Waals surface area contributed by atoms with Gasteiger partial charge in [-0.25, -0.2) is 9.97 Å². The van der Waals surface area contributed by atoms with Crippen LogP contribution in [-0.2, 0) is 6.54 Å². The van der Waals surface area contributed by atoms with Crippen LogP contribution in [0.1, 0.15) is 6.92 Å². The number of nitrogens with two attached hydrogens (primary N) is 1. The Morgan fingerprint density at radius 1 is 1.43 bits per heavy atom. The predicted molar refractivity (Wildman–Crippen MR) is 112 cm³/mol. The Balaban J connectivity index is 1.67. The van der Waals surface area contributed by atoms with Gasteiger partial charge in [-0.05, 0) is 13.0 Å². The monoisotopic (exact) mass is 399 g/mol. The molecule has 0 amide bonds. The number of rotatable bonds is 9. The molecule has 0 spiro atoms. The molecule has 0 radical (unpaired) electrons. The van der Waals surface area contributed by atoms with E-state index in [9.17, 15) is 4.91 Å². The van der Waals surface area contributed by atoms with Crippen molar-refractivity contribution in [2.75, 3.05) is 30.7 Å². The number of aromatic nitrogens is 4. The third kappa shape index (κ3) is 4.74. The largest absolute Gasteiger partial charge is 0.390 e. The minimum absolute atomic E-state index is 0.160. The van der Waals surface area contributed by atoms with Gasteiger partial charge in [0.05, 0.1) is 35.2 Å². The Morgan fingerprint density at radius 3 is 3.07 bits per heavy atom. The van der Waals surface area contributed by atoms with Crippen molar-refractivity contribution in [2.24, 2.45) is 5.18 Å². The minimum Gasteiger partial charge on any atom is -0.390 e. The second-order valence-corrected chi connectivity index (χ2v) is 7.05. The summed E-state index contributed by atoms with van der Waals surface area (Å²) in [6.45, 7) is 3.88. The number of hydrogen-bond donors (Lipinski definition) is 4. The molecule has 0 saturated carbocycles. The topological polar surface area (TPSA) is 147 Å². The molecule has 2 aromatic heterocycles.